The molecule has 1 aromatic carbocycles. The molecule has 0 fully saturated rings. The number of hydrogen-bond acceptors (Lipinski definition) is 3. The van der Waals surface area contributed by atoms with Gasteiger partial charge in [0.05, 0.1) is 6.04 Å². The summed E-state index contributed by atoms with van der Waals surface area (Å²) < 4.78 is 14.2. The minimum Gasteiger partial charge on any atom is -0.363 e. The second-order valence-corrected chi connectivity index (χ2v) is 6.71. The van der Waals surface area contributed by atoms with Gasteiger partial charge in [-0.1, -0.05) is 0 Å². The second-order valence-electron chi connectivity index (χ2n) is 4.57. The van der Waals surface area contributed by atoms with Crippen LogP contribution in [0.2, 0.25) is 0 Å². The van der Waals surface area contributed by atoms with Gasteiger partial charge in [-0.05, 0) is 60.1 Å². The van der Waals surface area contributed by atoms with Crippen LogP contribution in [0.25, 0.3) is 0 Å². The quantitative estimate of drug-likeness (QED) is 0.855. The van der Waals surface area contributed by atoms with Crippen molar-refractivity contribution in [2.75, 3.05) is 18.0 Å². The van der Waals surface area contributed by atoms with E-state index in [1.54, 1.807) is 23.5 Å². The van der Waals surface area contributed by atoms with Crippen molar-refractivity contribution in [1.82, 2.24) is 0 Å². The molecule has 5 heteroatoms. The van der Waals surface area contributed by atoms with Crippen LogP contribution in [-0.2, 0) is 0 Å². The number of rotatable bonds is 5. The maximum atomic E-state index is 13.1. The van der Waals surface area contributed by atoms with Gasteiger partial charge in [-0.3, -0.25) is 0 Å². The molecule has 0 aliphatic rings. The van der Waals surface area contributed by atoms with Crippen molar-refractivity contribution in [1.29, 1.82) is 0 Å². The highest BCUT2D eigenvalue weighted by molar-refractivity contribution is 9.10. The number of nitrogens with two attached hydrogens (primary N) is 1. The highest BCUT2D eigenvalue weighted by atomic mass is 79.9. The van der Waals surface area contributed by atoms with Gasteiger partial charge >= 0.3 is 0 Å². The van der Waals surface area contributed by atoms with Crippen LogP contribution in [0.4, 0.5) is 10.1 Å². The molecule has 0 bridgehead atoms. The third-order valence-electron chi connectivity index (χ3n) is 3.30. The minimum atomic E-state index is -0.219. The molecular weight excluding hydrogens is 339 g/mol. The van der Waals surface area contributed by atoms with Crippen molar-refractivity contribution in [2.24, 2.45) is 5.73 Å². The number of halogens is 2. The van der Waals surface area contributed by atoms with Gasteiger partial charge in [-0.2, -0.15) is 0 Å². The molecule has 2 aromatic rings. The molecule has 108 valence electrons. The molecule has 2 N–H and O–H groups in total. The highest BCUT2D eigenvalue weighted by Gasteiger charge is 2.21. The molecule has 1 aromatic heterocycles. The molecule has 0 spiro atoms. The summed E-state index contributed by atoms with van der Waals surface area (Å²) in [4.78, 5) is 4.67. The fraction of sp³-hybridized carbons (Fsp3) is 0.333. The van der Waals surface area contributed by atoms with Crippen molar-refractivity contribution in [3.05, 3.63) is 50.4 Å². The van der Waals surface area contributed by atoms with Crippen molar-refractivity contribution >= 4 is 33.0 Å². The fourth-order valence-corrected chi connectivity index (χ4v) is 3.95. The summed E-state index contributed by atoms with van der Waals surface area (Å²) in [7, 11) is 0. The average Bonchev–Trinajstić information content (AvgIpc) is 2.77. The van der Waals surface area contributed by atoms with E-state index in [2.05, 4.69) is 40.7 Å². The summed E-state index contributed by atoms with van der Waals surface area (Å²) in [5.41, 5.74) is 6.98. The van der Waals surface area contributed by atoms with E-state index in [0.717, 1.165) is 16.7 Å². The van der Waals surface area contributed by atoms with Crippen molar-refractivity contribution in [3.8, 4) is 0 Å². The molecule has 0 aliphatic heterocycles. The summed E-state index contributed by atoms with van der Waals surface area (Å²) in [6.45, 7) is 5.52. The van der Waals surface area contributed by atoms with E-state index < -0.39 is 0 Å². The molecule has 20 heavy (non-hydrogen) atoms. The molecule has 0 amide bonds. The van der Waals surface area contributed by atoms with Crippen LogP contribution in [0.1, 0.15) is 22.7 Å². The maximum Gasteiger partial charge on any atom is 0.123 e. The Balaban J connectivity index is 2.34. The minimum absolute atomic E-state index is 0.112. The lowest BCUT2D eigenvalue weighted by molar-refractivity contribution is 0.624. The lowest BCUT2D eigenvalue weighted by Gasteiger charge is -2.31. The molecule has 0 radical (unpaired) electrons. The summed E-state index contributed by atoms with van der Waals surface area (Å²) >= 11 is 5.30. The standard InChI is InChI=1S/C15H18BrFN2S/c1-3-19(12-6-4-11(17)5-7-12)14(9-18)15-8-13(16)10(2)20-15/h4-8,14H,3,9,18H2,1-2H3. The average molecular weight is 357 g/mol. The number of likely N-dealkylation sites (N-methyl/N-ethyl adjacent to an activating group) is 1. The van der Waals surface area contributed by atoms with Crippen LogP contribution in [0.3, 0.4) is 0 Å². The predicted octanol–water partition coefficient (Wildman–Crippen LogP) is 4.48. The summed E-state index contributed by atoms with van der Waals surface area (Å²) in [5.74, 6) is -0.219. The van der Waals surface area contributed by atoms with Gasteiger partial charge in [0.25, 0.3) is 0 Å². The van der Waals surface area contributed by atoms with E-state index in [1.807, 2.05) is 0 Å². The van der Waals surface area contributed by atoms with Gasteiger partial charge in [0, 0.05) is 33.0 Å². The van der Waals surface area contributed by atoms with Crippen LogP contribution in [0.15, 0.2) is 34.8 Å². The maximum absolute atomic E-state index is 13.1. The van der Waals surface area contributed by atoms with Crippen LogP contribution >= 0.6 is 27.3 Å². The van der Waals surface area contributed by atoms with Gasteiger partial charge in [-0.25, -0.2) is 4.39 Å². The molecule has 0 aliphatic carbocycles. The van der Waals surface area contributed by atoms with Crippen LogP contribution in [0, 0.1) is 12.7 Å². The van der Waals surface area contributed by atoms with Crippen molar-refractivity contribution < 1.29 is 4.39 Å². The van der Waals surface area contributed by atoms with E-state index in [4.69, 9.17) is 5.73 Å². The van der Waals surface area contributed by atoms with Gasteiger partial charge in [0.15, 0.2) is 0 Å². The van der Waals surface area contributed by atoms with Gasteiger partial charge in [0.1, 0.15) is 5.82 Å². The zero-order valence-electron chi connectivity index (χ0n) is 11.6. The highest BCUT2D eigenvalue weighted by Crippen LogP contribution is 2.35. The zero-order valence-corrected chi connectivity index (χ0v) is 14.0. The Morgan fingerprint density at radius 3 is 2.45 bits per heavy atom. The monoisotopic (exact) mass is 356 g/mol. The van der Waals surface area contributed by atoms with Crippen LogP contribution in [0.5, 0.6) is 0 Å². The molecule has 0 saturated heterocycles. The Hall–Kier alpha value is -0.910. The number of benzene rings is 1. The third kappa shape index (κ3) is 3.22. The number of aryl methyl sites for hydroxylation is 1. The first-order valence-corrected chi connectivity index (χ1v) is 8.15. The van der Waals surface area contributed by atoms with E-state index >= 15 is 0 Å². The lowest BCUT2D eigenvalue weighted by atomic mass is 10.1. The van der Waals surface area contributed by atoms with Crippen LogP contribution in [-0.4, -0.2) is 13.1 Å². The Kier molecular flexibility index (Phi) is 5.18. The van der Waals surface area contributed by atoms with Gasteiger partial charge in [0.2, 0.25) is 0 Å². The van der Waals surface area contributed by atoms with Gasteiger partial charge in [-0.15, -0.1) is 11.3 Å². The molecule has 1 unspecified atom stereocenters. The van der Waals surface area contributed by atoms with Crippen molar-refractivity contribution in [3.63, 3.8) is 0 Å². The zero-order chi connectivity index (χ0) is 14.7. The fourth-order valence-electron chi connectivity index (χ4n) is 2.26. The molecule has 2 nitrogen and oxygen atoms in total. The van der Waals surface area contributed by atoms with E-state index in [1.165, 1.54) is 21.9 Å². The van der Waals surface area contributed by atoms with Gasteiger partial charge < -0.3 is 10.6 Å². The summed E-state index contributed by atoms with van der Waals surface area (Å²) in [6, 6.07) is 8.82. The Bertz CT molecular complexity index is 548. The lowest BCUT2D eigenvalue weighted by Crippen LogP contribution is -2.33. The van der Waals surface area contributed by atoms with E-state index in [9.17, 15) is 4.39 Å². The molecule has 1 atom stereocenters. The van der Waals surface area contributed by atoms with E-state index in [-0.39, 0.29) is 11.9 Å². The smallest absolute Gasteiger partial charge is 0.123 e. The van der Waals surface area contributed by atoms with Crippen molar-refractivity contribution in [2.45, 2.75) is 19.9 Å². The first kappa shape index (κ1) is 15.5. The first-order chi connectivity index (χ1) is 9.56. The molecular formula is C15H18BrFN2S. The van der Waals surface area contributed by atoms with Crippen LogP contribution < -0.4 is 10.6 Å². The normalized spacial score (nSPS) is 12.4. The second kappa shape index (κ2) is 6.70. The Morgan fingerprint density at radius 2 is 2.00 bits per heavy atom. The summed E-state index contributed by atoms with van der Waals surface area (Å²) in [6.07, 6.45) is 0. The first-order valence-electron chi connectivity index (χ1n) is 6.55. The SMILES string of the molecule is CCN(c1ccc(F)cc1)C(CN)c1cc(Br)c(C)s1. The number of nitrogens with zero attached hydrogens (tertiary/aromatic N) is 1. The molecule has 0 saturated carbocycles. The molecule has 2 rings (SSSR count). The Labute approximate surface area is 131 Å². The number of anilines is 1. The number of thiophene rings is 1. The largest absolute Gasteiger partial charge is 0.363 e. The number of hydrogen-bond donors (Lipinski definition) is 1. The van der Waals surface area contributed by atoms with E-state index in [0.29, 0.717) is 6.54 Å². The predicted molar refractivity (Wildman–Crippen MR) is 88.0 cm³/mol. The Morgan fingerprint density at radius 1 is 1.35 bits per heavy atom. The third-order valence-corrected chi connectivity index (χ3v) is 5.54. The molecule has 1 heterocycles. The topological polar surface area (TPSA) is 29.3 Å². The summed E-state index contributed by atoms with van der Waals surface area (Å²) in [5, 5.41) is 0.